The summed E-state index contributed by atoms with van der Waals surface area (Å²) in [4.78, 5) is 41.7. The molecule has 4 saturated carbocycles. The third-order valence-electron chi connectivity index (χ3n) is 7.91. The average Bonchev–Trinajstić information content (AvgIpc) is 3.07. The molecule has 0 saturated heterocycles. The van der Waals surface area contributed by atoms with Crippen molar-refractivity contribution in [3.8, 4) is 0 Å². The fourth-order valence-electron chi connectivity index (χ4n) is 6.82. The standard InChI is InChI=1S/C21H29N5O3/c1-12(21-7-13-4-14(8-21)6-15(5-13)9-21)23-16(27)10-26-11-22-18-17(26)19(28)25(3)20(29)24(18)2/h11-15H,4-10H2,1-3H3,(H,23,27). The zero-order valence-corrected chi connectivity index (χ0v) is 17.4. The molecule has 1 atom stereocenters. The lowest BCUT2D eigenvalue weighted by Gasteiger charge is -2.59. The van der Waals surface area contributed by atoms with Gasteiger partial charge in [0.05, 0.1) is 6.33 Å². The number of hydrogen-bond acceptors (Lipinski definition) is 4. The van der Waals surface area contributed by atoms with Crippen molar-refractivity contribution in [3.63, 3.8) is 0 Å². The Morgan fingerprint density at radius 3 is 2.31 bits per heavy atom. The number of nitrogens with zero attached hydrogens (tertiary/aromatic N) is 4. The highest BCUT2D eigenvalue weighted by atomic mass is 16.2. The van der Waals surface area contributed by atoms with Crippen LogP contribution in [0.4, 0.5) is 0 Å². The number of aryl methyl sites for hydroxylation is 1. The zero-order valence-electron chi connectivity index (χ0n) is 17.4. The van der Waals surface area contributed by atoms with E-state index < -0.39 is 11.2 Å². The highest BCUT2D eigenvalue weighted by molar-refractivity contribution is 5.79. The van der Waals surface area contributed by atoms with Crippen molar-refractivity contribution in [1.82, 2.24) is 24.0 Å². The van der Waals surface area contributed by atoms with Crippen molar-refractivity contribution in [1.29, 1.82) is 0 Å². The molecule has 1 N–H and O–H groups in total. The number of rotatable bonds is 4. The van der Waals surface area contributed by atoms with E-state index in [2.05, 4.69) is 17.2 Å². The first-order valence-corrected chi connectivity index (χ1v) is 10.7. The van der Waals surface area contributed by atoms with E-state index in [0.717, 1.165) is 22.3 Å². The van der Waals surface area contributed by atoms with Gasteiger partial charge in [0.2, 0.25) is 5.91 Å². The largest absolute Gasteiger partial charge is 0.352 e. The second-order valence-corrected chi connectivity index (χ2v) is 9.82. The highest BCUT2D eigenvalue weighted by Gasteiger charge is 2.53. The van der Waals surface area contributed by atoms with Gasteiger partial charge in [0.1, 0.15) is 6.54 Å². The van der Waals surface area contributed by atoms with Gasteiger partial charge in [-0.2, -0.15) is 0 Å². The van der Waals surface area contributed by atoms with E-state index in [4.69, 9.17) is 0 Å². The van der Waals surface area contributed by atoms with Crippen LogP contribution in [-0.4, -0.2) is 30.6 Å². The van der Waals surface area contributed by atoms with E-state index in [1.807, 2.05) is 0 Å². The van der Waals surface area contributed by atoms with E-state index in [1.165, 1.54) is 56.5 Å². The van der Waals surface area contributed by atoms with E-state index in [9.17, 15) is 14.4 Å². The Balaban J connectivity index is 1.37. The van der Waals surface area contributed by atoms with Gasteiger partial charge >= 0.3 is 5.69 Å². The Hall–Kier alpha value is -2.38. The lowest BCUT2D eigenvalue weighted by molar-refractivity contribution is -0.126. The van der Waals surface area contributed by atoms with Gasteiger partial charge in [0.25, 0.3) is 5.56 Å². The first kappa shape index (κ1) is 18.6. The Morgan fingerprint density at radius 2 is 1.72 bits per heavy atom. The number of imidazole rings is 1. The van der Waals surface area contributed by atoms with Crippen LogP contribution in [0.3, 0.4) is 0 Å². The Kier molecular flexibility index (Phi) is 4.05. The molecule has 4 fully saturated rings. The average molecular weight is 399 g/mol. The molecule has 0 spiro atoms. The van der Waals surface area contributed by atoms with Gasteiger partial charge in [-0.15, -0.1) is 0 Å². The molecule has 2 aromatic heterocycles. The molecule has 2 heterocycles. The van der Waals surface area contributed by atoms with Crippen molar-refractivity contribution < 1.29 is 4.79 Å². The normalized spacial score (nSPS) is 31.3. The van der Waals surface area contributed by atoms with E-state index in [0.29, 0.717) is 5.65 Å². The Morgan fingerprint density at radius 1 is 1.14 bits per heavy atom. The molecule has 0 aromatic carbocycles. The van der Waals surface area contributed by atoms with Crippen LogP contribution < -0.4 is 16.6 Å². The van der Waals surface area contributed by atoms with Gasteiger partial charge in [-0.25, -0.2) is 9.78 Å². The maximum absolute atomic E-state index is 12.9. The summed E-state index contributed by atoms with van der Waals surface area (Å²) < 4.78 is 3.94. The SMILES string of the molecule is CC(NC(=O)Cn1cnc2c1c(=O)n(C)c(=O)n2C)C12CC3CC(CC(C3)C1)C2. The summed E-state index contributed by atoms with van der Waals surface area (Å²) in [6, 6.07) is 0.130. The number of carbonyl (C=O) groups excluding carboxylic acids is 1. The third-order valence-corrected chi connectivity index (χ3v) is 7.91. The van der Waals surface area contributed by atoms with Crippen LogP contribution in [0, 0.1) is 23.2 Å². The summed E-state index contributed by atoms with van der Waals surface area (Å²) in [5.74, 6) is 2.40. The predicted octanol–water partition coefficient (Wildman–Crippen LogP) is 1.15. The molecular weight excluding hydrogens is 370 g/mol. The third kappa shape index (κ3) is 2.79. The van der Waals surface area contributed by atoms with Crippen LogP contribution in [0.25, 0.3) is 11.2 Å². The van der Waals surface area contributed by atoms with Crippen molar-refractivity contribution in [2.75, 3.05) is 0 Å². The zero-order chi connectivity index (χ0) is 20.5. The quantitative estimate of drug-likeness (QED) is 0.835. The molecule has 4 bridgehead atoms. The van der Waals surface area contributed by atoms with Crippen LogP contribution in [0.15, 0.2) is 15.9 Å². The van der Waals surface area contributed by atoms with Gasteiger partial charge in [-0.1, -0.05) is 0 Å². The first-order chi connectivity index (χ1) is 13.8. The van der Waals surface area contributed by atoms with E-state index in [-0.39, 0.29) is 29.4 Å². The van der Waals surface area contributed by atoms with Crippen LogP contribution >= 0.6 is 0 Å². The molecule has 8 nitrogen and oxygen atoms in total. The lowest BCUT2D eigenvalue weighted by atomic mass is 9.48. The van der Waals surface area contributed by atoms with E-state index >= 15 is 0 Å². The summed E-state index contributed by atoms with van der Waals surface area (Å²) in [6.45, 7) is 2.18. The molecule has 8 heteroatoms. The monoisotopic (exact) mass is 399 g/mol. The Bertz CT molecular complexity index is 1070. The van der Waals surface area contributed by atoms with Gasteiger partial charge in [-0.05, 0) is 68.6 Å². The maximum Gasteiger partial charge on any atom is 0.332 e. The summed E-state index contributed by atoms with van der Waals surface area (Å²) in [5.41, 5.74) is -0.0241. The topological polar surface area (TPSA) is 90.9 Å². The molecule has 1 unspecified atom stereocenters. The number of aromatic nitrogens is 4. The molecule has 0 aliphatic heterocycles. The second kappa shape index (κ2) is 6.31. The first-order valence-electron chi connectivity index (χ1n) is 10.7. The summed E-state index contributed by atoms with van der Waals surface area (Å²) in [7, 11) is 3.02. The van der Waals surface area contributed by atoms with Gasteiger partial charge in [0, 0.05) is 20.1 Å². The Labute approximate surface area is 168 Å². The minimum Gasteiger partial charge on any atom is -0.352 e. The molecule has 2 aromatic rings. The fourth-order valence-corrected chi connectivity index (χ4v) is 6.82. The van der Waals surface area contributed by atoms with Crippen LogP contribution in [0.2, 0.25) is 0 Å². The van der Waals surface area contributed by atoms with Crippen LogP contribution in [-0.2, 0) is 25.4 Å². The number of nitrogens with one attached hydrogen (secondary N) is 1. The predicted molar refractivity (Wildman–Crippen MR) is 108 cm³/mol. The molecule has 1 amide bonds. The maximum atomic E-state index is 12.9. The number of hydrogen-bond donors (Lipinski definition) is 1. The molecule has 0 radical (unpaired) electrons. The van der Waals surface area contributed by atoms with Gasteiger partial charge < -0.3 is 9.88 Å². The summed E-state index contributed by atoms with van der Waals surface area (Å²) in [6.07, 6.45) is 9.31. The minimum absolute atomic E-state index is 0.0284. The van der Waals surface area contributed by atoms with Crippen molar-refractivity contribution in [3.05, 3.63) is 27.2 Å². The fraction of sp³-hybridized carbons (Fsp3) is 0.714. The van der Waals surface area contributed by atoms with Crippen molar-refractivity contribution in [2.24, 2.45) is 37.3 Å². The molecule has 156 valence electrons. The molecular formula is C21H29N5O3. The number of fused-ring (bicyclic) bond motifs is 1. The second-order valence-electron chi connectivity index (χ2n) is 9.82. The summed E-state index contributed by atoms with van der Waals surface area (Å²) in [5, 5.41) is 3.24. The molecule has 4 aliphatic rings. The summed E-state index contributed by atoms with van der Waals surface area (Å²) >= 11 is 0. The minimum atomic E-state index is -0.428. The van der Waals surface area contributed by atoms with Crippen LogP contribution in [0.5, 0.6) is 0 Å². The van der Waals surface area contributed by atoms with E-state index in [1.54, 1.807) is 11.6 Å². The molecule has 4 aliphatic carbocycles. The van der Waals surface area contributed by atoms with Crippen molar-refractivity contribution >= 4 is 17.1 Å². The molecule has 29 heavy (non-hydrogen) atoms. The van der Waals surface area contributed by atoms with Crippen molar-refractivity contribution in [2.45, 2.75) is 58.0 Å². The lowest BCUT2D eigenvalue weighted by Crippen LogP contribution is -2.56. The number of carbonyl (C=O) groups is 1. The highest BCUT2D eigenvalue weighted by Crippen LogP contribution is 2.61. The molecule has 6 rings (SSSR count). The number of amides is 1. The van der Waals surface area contributed by atoms with Crippen LogP contribution in [0.1, 0.15) is 45.4 Å². The smallest absolute Gasteiger partial charge is 0.332 e. The van der Waals surface area contributed by atoms with Gasteiger partial charge in [-0.3, -0.25) is 18.7 Å². The van der Waals surface area contributed by atoms with Gasteiger partial charge in [0.15, 0.2) is 11.2 Å².